The maximum atomic E-state index is 14.1. The van der Waals surface area contributed by atoms with Gasteiger partial charge < -0.3 is 25.2 Å². The summed E-state index contributed by atoms with van der Waals surface area (Å²) in [5.41, 5.74) is -0.0243. The summed E-state index contributed by atoms with van der Waals surface area (Å²) in [6.07, 6.45) is 0. The van der Waals surface area contributed by atoms with Gasteiger partial charge in [-0.1, -0.05) is 0 Å². The molecule has 3 rings (SSSR count). The number of ether oxygens (including phenoxy) is 2. The first-order chi connectivity index (χ1) is 11.5. The van der Waals surface area contributed by atoms with Gasteiger partial charge in [0.2, 0.25) is 0 Å². The molecule has 0 bridgehead atoms. The fourth-order valence-corrected chi connectivity index (χ4v) is 2.21. The van der Waals surface area contributed by atoms with Crippen molar-refractivity contribution < 1.29 is 28.6 Å². The second-order valence-corrected chi connectivity index (χ2v) is 5.00. The van der Waals surface area contributed by atoms with Crippen molar-refractivity contribution >= 4 is 23.2 Å². The highest BCUT2D eigenvalue weighted by atomic mass is 19.1. The van der Waals surface area contributed by atoms with Crippen LogP contribution in [0.3, 0.4) is 0 Å². The number of benzene rings is 2. The van der Waals surface area contributed by atoms with Crippen LogP contribution in [0.5, 0.6) is 17.2 Å². The fraction of sp³-hybridized carbons (Fsp3) is 0.125. The number of carbonyl (C=O) groups excluding carboxylic acids is 2. The number of nitrogens with one attached hydrogen (secondary N) is 2. The normalized spacial score (nSPS) is 12.7. The van der Waals surface area contributed by atoms with Crippen LogP contribution in [-0.2, 0) is 4.79 Å². The maximum Gasteiger partial charge on any atom is 0.262 e. The molecule has 2 aromatic carbocycles. The highest BCUT2D eigenvalue weighted by Gasteiger charge is 2.21. The molecule has 124 valence electrons. The van der Waals surface area contributed by atoms with E-state index in [0.717, 1.165) is 6.07 Å². The highest BCUT2D eigenvalue weighted by molar-refractivity contribution is 6.07. The number of carbonyl (C=O) groups is 2. The molecule has 1 aliphatic heterocycles. The standard InChI is InChI=1S/C16H13FN2O5/c1-23-8-2-3-13(20)9(4-8)16(22)19-11-6-14-12(5-10(11)17)18-15(21)7-24-14/h2-6,20H,7H2,1H3,(H,18,21)(H,19,22). The molecule has 7 nitrogen and oxygen atoms in total. The van der Waals surface area contributed by atoms with E-state index in [1.807, 2.05) is 0 Å². The zero-order valence-corrected chi connectivity index (χ0v) is 12.6. The van der Waals surface area contributed by atoms with Gasteiger partial charge in [0.1, 0.15) is 23.1 Å². The molecule has 1 aliphatic rings. The largest absolute Gasteiger partial charge is 0.507 e. The summed E-state index contributed by atoms with van der Waals surface area (Å²) in [5.74, 6) is -1.52. The number of hydrogen-bond acceptors (Lipinski definition) is 5. The van der Waals surface area contributed by atoms with Gasteiger partial charge in [-0.2, -0.15) is 0 Å². The number of methoxy groups -OCH3 is 1. The lowest BCUT2D eigenvalue weighted by Crippen LogP contribution is -2.25. The Hall–Kier alpha value is -3.29. The lowest BCUT2D eigenvalue weighted by Gasteiger charge is -2.19. The molecule has 0 unspecified atom stereocenters. The number of fused-ring (bicyclic) bond motifs is 1. The van der Waals surface area contributed by atoms with Crippen molar-refractivity contribution in [2.75, 3.05) is 24.4 Å². The first-order valence-corrected chi connectivity index (χ1v) is 6.92. The van der Waals surface area contributed by atoms with Gasteiger partial charge in [0, 0.05) is 12.1 Å². The molecule has 0 fully saturated rings. The van der Waals surface area contributed by atoms with Crippen molar-refractivity contribution in [1.29, 1.82) is 0 Å². The minimum Gasteiger partial charge on any atom is -0.507 e. The van der Waals surface area contributed by atoms with Crippen LogP contribution < -0.4 is 20.1 Å². The molecule has 0 atom stereocenters. The Kier molecular flexibility index (Phi) is 3.95. The second-order valence-electron chi connectivity index (χ2n) is 5.00. The fourth-order valence-electron chi connectivity index (χ4n) is 2.21. The van der Waals surface area contributed by atoms with Crippen molar-refractivity contribution in [2.24, 2.45) is 0 Å². The summed E-state index contributed by atoms with van der Waals surface area (Å²) >= 11 is 0. The molecule has 0 saturated heterocycles. The van der Waals surface area contributed by atoms with E-state index < -0.39 is 11.7 Å². The number of amides is 2. The summed E-state index contributed by atoms with van der Waals surface area (Å²) in [5, 5.41) is 14.6. The predicted octanol–water partition coefficient (Wildman–Crippen LogP) is 2.12. The summed E-state index contributed by atoms with van der Waals surface area (Å²) < 4.78 is 24.3. The Morgan fingerprint density at radius 1 is 1.38 bits per heavy atom. The molecular weight excluding hydrogens is 319 g/mol. The van der Waals surface area contributed by atoms with Crippen LogP contribution in [0.1, 0.15) is 10.4 Å². The van der Waals surface area contributed by atoms with E-state index in [1.54, 1.807) is 0 Å². The Labute approximate surface area is 136 Å². The molecule has 2 aromatic rings. The molecule has 24 heavy (non-hydrogen) atoms. The van der Waals surface area contributed by atoms with Crippen molar-refractivity contribution in [3.8, 4) is 17.2 Å². The maximum absolute atomic E-state index is 14.1. The van der Waals surface area contributed by atoms with E-state index in [9.17, 15) is 19.1 Å². The lowest BCUT2D eigenvalue weighted by atomic mass is 10.1. The second kappa shape index (κ2) is 6.07. The van der Waals surface area contributed by atoms with Crippen molar-refractivity contribution in [1.82, 2.24) is 0 Å². The van der Waals surface area contributed by atoms with Crippen LogP contribution in [0, 0.1) is 5.82 Å². The number of anilines is 2. The van der Waals surface area contributed by atoms with Crippen molar-refractivity contribution in [3.63, 3.8) is 0 Å². The third kappa shape index (κ3) is 2.94. The van der Waals surface area contributed by atoms with Crippen LogP contribution in [0.25, 0.3) is 0 Å². The third-order valence-electron chi connectivity index (χ3n) is 3.40. The Balaban J connectivity index is 1.89. The van der Waals surface area contributed by atoms with Gasteiger partial charge in [-0.25, -0.2) is 4.39 Å². The van der Waals surface area contributed by atoms with Gasteiger partial charge in [0.15, 0.2) is 6.61 Å². The molecule has 3 N–H and O–H groups in total. The quantitative estimate of drug-likeness (QED) is 0.800. The van der Waals surface area contributed by atoms with Gasteiger partial charge in [0.05, 0.1) is 24.0 Å². The van der Waals surface area contributed by atoms with E-state index in [2.05, 4.69) is 10.6 Å². The van der Waals surface area contributed by atoms with Gasteiger partial charge in [-0.15, -0.1) is 0 Å². The van der Waals surface area contributed by atoms with Crippen molar-refractivity contribution in [2.45, 2.75) is 0 Å². The van der Waals surface area contributed by atoms with Gasteiger partial charge in [-0.05, 0) is 18.2 Å². The van der Waals surface area contributed by atoms with Crippen LogP contribution in [0.15, 0.2) is 30.3 Å². The molecule has 0 aromatic heterocycles. The van der Waals surface area contributed by atoms with Crippen LogP contribution in [0.4, 0.5) is 15.8 Å². The monoisotopic (exact) mass is 332 g/mol. The summed E-state index contributed by atoms with van der Waals surface area (Å²) in [6, 6.07) is 6.43. The van der Waals surface area contributed by atoms with Gasteiger partial charge in [-0.3, -0.25) is 9.59 Å². The summed E-state index contributed by atoms with van der Waals surface area (Å²) in [4.78, 5) is 23.5. The third-order valence-corrected chi connectivity index (χ3v) is 3.40. The van der Waals surface area contributed by atoms with Crippen LogP contribution >= 0.6 is 0 Å². The minimum atomic E-state index is -0.754. The molecule has 0 radical (unpaired) electrons. The minimum absolute atomic E-state index is 0.0688. The molecule has 8 heteroatoms. The molecule has 0 aliphatic carbocycles. The smallest absolute Gasteiger partial charge is 0.262 e. The lowest BCUT2D eigenvalue weighted by molar-refractivity contribution is -0.118. The number of rotatable bonds is 3. The van der Waals surface area contributed by atoms with Gasteiger partial charge >= 0.3 is 0 Å². The molecule has 0 spiro atoms. The van der Waals surface area contributed by atoms with E-state index in [-0.39, 0.29) is 41.0 Å². The highest BCUT2D eigenvalue weighted by Crippen LogP contribution is 2.33. The van der Waals surface area contributed by atoms with E-state index in [0.29, 0.717) is 5.75 Å². The van der Waals surface area contributed by atoms with Crippen LogP contribution in [0.2, 0.25) is 0 Å². The summed E-state index contributed by atoms with van der Waals surface area (Å²) in [6.45, 7) is -0.192. The number of phenolic OH excluding ortho intramolecular Hbond substituents is 1. The number of phenols is 1. The first-order valence-electron chi connectivity index (χ1n) is 6.92. The predicted molar refractivity (Wildman–Crippen MR) is 83.1 cm³/mol. The van der Waals surface area contributed by atoms with Gasteiger partial charge in [0.25, 0.3) is 11.8 Å². The van der Waals surface area contributed by atoms with Crippen LogP contribution in [-0.4, -0.2) is 30.6 Å². The molecule has 2 amide bonds. The SMILES string of the molecule is COc1ccc(O)c(C(=O)Nc2cc3c(cc2F)NC(=O)CO3)c1. The zero-order chi connectivity index (χ0) is 17.3. The number of aromatic hydroxyl groups is 1. The average molecular weight is 332 g/mol. The molecule has 1 heterocycles. The summed E-state index contributed by atoms with van der Waals surface area (Å²) in [7, 11) is 1.42. The average Bonchev–Trinajstić information content (AvgIpc) is 2.56. The van der Waals surface area contributed by atoms with E-state index in [4.69, 9.17) is 9.47 Å². The molecular formula is C16H13FN2O5. The van der Waals surface area contributed by atoms with E-state index >= 15 is 0 Å². The Morgan fingerprint density at radius 3 is 2.92 bits per heavy atom. The number of hydrogen-bond donors (Lipinski definition) is 3. The Bertz CT molecular complexity index is 837. The zero-order valence-electron chi connectivity index (χ0n) is 12.6. The first kappa shape index (κ1) is 15.6. The topological polar surface area (TPSA) is 96.9 Å². The van der Waals surface area contributed by atoms with E-state index in [1.165, 1.54) is 31.4 Å². The van der Waals surface area contributed by atoms with Crippen molar-refractivity contribution in [3.05, 3.63) is 41.7 Å². The molecule has 0 saturated carbocycles. The Morgan fingerprint density at radius 2 is 2.17 bits per heavy atom. The number of halogens is 1.